The first kappa shape index (κ1) is 67.9. The Morgan fingerprint density at radius 2 is 1.17 bits per heavy atom. The first-order valence-corrected chi connectivity index (χ1v) is 0.948. The summed E-state index contributed by atoms with van der Waals surface area (Å²) in [5, 5.41) is 21.5. The van der Waals surface area contributed by atoms with Crippen molar-refractivity contribution in [1.29, 1.82) is 0 Å². The average molecular weight is 279 g/mol. The van der Waals surface area contributed by atoms with E-state index in [0.717, 1.165) is 0 Å². The summed E-state index contributed by atoms with van der Waals surface area (Å²) in [5.74, 6) is 0. The van der Waals surface area contributed by atoms with Crippen molar-refractivity contribution in [3.8, 4) is 0 Å². The van der Waals surface area contributed by atoms with Crippen LogP contribution in [0.25, 0.3) is 0 Å². The molecule has 0 rings (SSSR count). The van der Waals surface area contributed by atoms with E-state index in [0.29, 0.717) is 0 Å². The smallest absolute Gasteiger partial charge is 0.291 e. The summed E-state index contributed by atoms with van der Waals surface area (Å²) in [4.78, 5) is 16.5. The maximum Gasteiger partial charge on any atom is 0.291 e. The third-order valence-corrected chi connectivity index (χ3v) is 0. The molecule has 0 aromatic rings. The Labute approximate surface area is 80.7 Å². The Hall–Kier alpha value is -0.937. The fourth-order valence-electron chi connectivity index (χ4n) is 0. The van der Waals surface area contributed by atoms with Gasteiger partial charge < -0.3 is 35.0 Å². The van der Waals surface area contributed by atoms with Crippen LogP contribution in [0.15, 0.2) is 5.34 Å². The van der Waals surface area contributed by atoms with Crippen molar-refractivity contribution < 1.29 is 35.0 Å². The van der Waals surface area contributed by atoms with Gasteiger partial charge in [-0.3, -0.25) is 0 Å². The van der Waals surface area contributed by atoms with E-state index in [1.165, 1.54) is 5.34 Å². The molecule has 0 atom stereocenters. The largest absolute Gasteiger partial charge is 0.379 e. The molecule has 0 unspecified atom stereocenters. The van der Waals surface area contributed by atoms with Gasteiger partial charge in [0.1, 0.15) is 0 Å². The molecular formula is H14N6O5Ru. The first-order valence-electron chi connectivity index (χ1n) is 0.948. The van der Waals surface area contributed by atoms with Crippen LogP contribution in [0.5, 0.6) is 0 Å². The molecule has 0 amide bonds. The van der Waals surface area contributed by atoms with Gasteiger partial charge in [0.15, 0.2) is 5.34 Å². The molecule has 0 bridgehead atoms. The van der Waals surface area contributed by atoms with Gasteiger partial charge >= 0.3 is 0 Å². The third kappa shape index (κ3) is 672. The zero-order chi connectivity index (χ0) is 6.28. The Bertz CT molecular complexity index is 63.0. The molecule has 0 spiro atoms. The zero-order valence-electron chi connectivity index (χ0n) is 6.20. The minimum Gasteiger partial charge on any atom is -0.379 e. The van der Waals surface area contributed by atoms with Gasteiger partial charge in [-0.15, -0.1) is 15.0 Å². The molecule has 0 aliphatic carbocycles. The van der Waals surface area contributed by atoms with Crippen LogP contribution in [0.1, 0.15) is 0 Å². The van der Waals surface area contributed by atoms with Crippen LogP contribution in [0, 0.1) is 15.0 Å². The SMILES string of the molecule is N.N.N.N.O=NO.O=[N+]([O-])O.[Ru]. The molecule has 0 heterocycles. The van der Waals surface area contributed by atoms with Crippen LogP contribution in [-0.4, -0.2) is 15.5 Å². The van der Waals surface area contributed by atoms with E-state index < -0.39 is 5.09 Å². The molecule has 0 aliphatic heterocycles. The number of nitrogens with zero attached hydrogens (tertiary/aromatic N) is 2. The number of hydrogen-bond donors (Lipinski definition) is 6. The van der Waals surface area contributed by atoms with E-state index in [1.54, 1.807) is 0 Å². The Morgan fingerprint density at radius 1 is 1.17 bits per heavy atom. The van der Waals surface area contributed by atoms with E-state index in [4.69, 9.17) is 25.4 Å². The van der Waals surface area contributed by atoms with Gasteiger partial charge in [-0.2, -0.15) is 0 Å². The van der Waals surface area contributed by atoms with Gasteiger partial charge in [0, 0.05) is 19.5 Å². The van der Waals surface area contributed by atoms with Crippen molar-refractivity contribution in [2.75, 3.05) is 0 Å². The summed E-state index contributed by atoms with van der Waals surface area (Å²) in [7, 11) is 0. The summed E-state index contributed by atoms with van der Waals surface area (Å²) in [6.45, 7) is 0. The fourth-order valence-corrected chi connectivity index (χ4v) is 0. The molecule has 82 valence electrons. The summed E-state index contributed by atoms with van der Waals surface area (Å²) < 4.78 is 0. The van der Waals surface area contributed by atoms with E-state index >= 15 is 0 Å². The van der Waals surface area contributed by atoms with E-state index in [9.17, 15) is 0 Å². The fraction of sp³-hybridized carbons (Fsp3) is 0. The van der Waals surface area contributed by atoms with Crippen molar-refractivity contribution in [2.24, 2.45) is 5.34 Å². The van der Waals surface area contributed by atoms with Gasteiger partial charge in [-0.1, -0.05) is 0 Å². The summed E-state index contributed by atoms with van der Waals surface area (Å²) in [5.41, 5.74) is 0. The topological polar surface area (TPSA) is 253 Å². The predicted molar refractivity (Wildman–Crippen MR) is 36.5 cm³/mol. The first-order chi connectivity index (χ1) is 3.15. The van der Waals surface area contributed by atoms with Crippen LogP contribution < -0.4 is 24.6 Å². The Kier molecular flexibility index (Phi) is 498. The number of rotatable bonds is 0. The molecule has 0 aliphatic rings. The molecule has 12 heavy (non-hydrogen) atoms. The maximum absolute atomic E-state index is 8.36. The predicted octanol–water partition coefficient (Wildman–Crippen LogP) is 0.440. The Balaban J connectivity index is -0.00000000597. The molecule has 11 nitrogen and oxygen atoms in total. The quantitative estimate of drug-likeness (QED) is 0.155. The van der Waals surface area contributed by atoms with Crippen molar-refractivity contribution >= 4 is 0 Å². The van der Waals surface area contributed by atoms with Crippen molar-refractivity contribution in [3.63, 3.8) is 0 Å². The summed E-state index contributed by atoms with van der Waals surface area (Å²) >= 11 is 0. The second-order valence-electron chi connectivity index (χ2n) is 0.319. The van der Waals surface area contributed by atoms with Gasteiger partial charge in [0.05, 0.1) is 0 Å². The number of hydrogen-bond acceptors (Lipinski definition) is 8. The van der Waals surface area contributed by atoms with Gasteiger partial charge in [-0.05, 0) is 0 Å². The van der Waals surface area contributed by atoms with Crippen LogP contribution in [0.2, 0.25) is 0 Å². The van der Waals surface area contributed by atoms with Crippen LogP contribution in [0.3, 0.4) is 0 Å². The van der Waals surface area contributed by atoms with E-state index in [-0.39, 0.29) is 44.1 Å². The molecule has 14 N–H and O–H groups in total. The van der Waals surface area contributed by atoms with Crippen LogP contribution in [0.4, 0.5) is 0 Å². The second-order valence-corrected chi connectivity index (χ2v) is 0.319. The molecule has 0 radical (unpaired) electrons. The molecular weight excluding hydrogens is 265 g/mol. The molecule has 0 fully saturated rings. The van der Waals surface area contributed by atoms with Crippen molar-refractivity contribution in [1.82, 2.24) is 24.6 Å². The van der Waals surface area contributed by atoms with Crippen LogP contribution >= 0.6 is 0 Å². The second kappa shape index (κ2) is 88.1. The molecule has 0 saturated carbocycles. The molecule has 0 saturated heterocycles. The minimum absolute atomic E-state index is 0. The third-order valence-electron chi connectivity index (χ3n) is 0. The Morgan fingerprint density at radius 3 is 1.17 bits per heavy atom. The monoisotopic (exact) mass is 280 g/mol. The molecule has 0 aromatic carbocycles. The average Bonchev–Trinajstić information content (AvgIpc) is 1.33. The van der Waals surface area contributed by atoms with Crippen molar-refractivity contribution in [3.05, 3.63) is 15.0 Å². The van der Waals surface area contributed by atoms with Crippen molar-refractivity contribution in [2.45, 2.75) is 0 Å². The zero-order valence-corrected chi connectivity index (χ0v) is 7.93. The summed E-state index contributed by atoms with van der Waals surface area (Å²) in [6.07, 6.45) is 0. The van der Waals surface area contributed by atoms with E-state index in [2.05, 4.69) is 0 Å². The minimum atomic E-state index is -1.50. The van der Waals surface area contributed by atoms with Crippen LogP contribution in [-0.2, 0) is 19.5 Å². The van der Waals surface area contributed by atoms with Gasteiger partial charge in [-0.25, -0.2) is 0 Å². The normalized spacial score (nSPS) is 3.00. The van der Waals surface area contributed by atoms with E-state index in [1.807, 2.05) is 0 Å². The standard InChI is InChI=1S/HNO3.HNO2.4H3N.Ru/c2-1(3)4;2-1-3;;;;;/h(H,2,3,4);(H,2,3);4*1H3;. The molecule has 12 heteroatoms. The molecule has 0 aromatic heterocycles. The van der Waals surface area contributed by atoms with Gasteiger partial charge in [0.2, 0.25) is 0 Å². The maximum atomic E-state index is 8.36. The van der Waals surface area contributed by atoms with Gasteiger partial charge in [0.25, 0.3) is 5.09 Å². The summed E-state index contributed by atoms with van der Waals surface area (Å²) in [6, 6.07) is 0.